The summed E-state index contributed by atoms with van der Waals surface area (Å²) in [5.41, 5.74) is 0. The smallest absolute Gasteiger partial charge is 0.306 e. The summed E-state index contributed by atoms with van der Waals surface area (Å²) < 4.78 is 9.97. The van der Waals surface area contributed by atoms with E-state index in [4.69, 9.17) is 4.74 Å². The molecule has 0 aliphatic carbocycles. The van der Waals surface area contributed by atoms with E-state index in [2.05, 4.69) is 9.64 Å². The van der Waals surface area contributed by atoms with Crippen molar-refractivity contribution in [1.82, 2.24) is 4.90 Å². The van der Waals surface area contributed by atoms with Crippen molar-refractivity contribution >= 4 is 5.97 Å². The predicted octanol–water partition coefficient (Wildman–Crippen LogP) is 0.660. The van der Waals surface area contributed by atoms with Gasteiger partial charge in [0.25, 0.3) is 0 Å². The molecule has 0 N–H and O–H groups in total. The lowest BCUT2D eigenvalue weighted by Crippen LogP contribution is -2.39. The average Bonchev–Trinajstić information content (AvgIpc) is 2.26. The van der Waals surface area contributed by atoms with Gasteiger partial charge >= 0.3 is 5.97 Å². The van der Waals surface area contributed by atoms with Gasteiger partial charge in [-0.3, -0.25) is 4.79 Å². The molecule has 0 aromatic carbocycles. The van der Waals surface area contributed by atoms with Gasteiger partial charge in [-0.25, -0.2) is 0 Å². The van der Waals surface area contributed by atoms with Crippen molar-refractivity contribution in [2.24, 2.45) is 0 Å². The maximum atomic E-state index is 10.9. The van der Waals surface area contributed by atoms with Crippen molar-refractivity contribution in [1.29, 1.82) is 0 Å². The van der Waals surface area contributed by atoms with Gasteiger partial charge in [-0.05, 0) is 19.9 Å². The van der Waals surface area contributed by atoms with Crippen LogP contribution in [0.5, 0.6) is 0 Å². The third-order valence-corrected chi connectivity index (χ3v) is 2.66. The van der Waals surface area contributed by atoms with Crippen LogP contribution >= 0.6 is 0 Å². The molecular weight excluding hydrogens is 182 g/mol. The van der Waals surface area contributed by atoms with Crippen LogP contribution in [0.3, 0.4) is 0 Å². The van der Waals surface area contributed by atoms with E-state index in [-0.39, 0.29) is 5.97 Å². The van der Waals surface area contributed by atoms with Crippen LogP contribution in [0.4, 0.5) is 0 Å². The third-order valence-electron chi connectivity index (χ3n) is 2.66. The summed E-state index contributed by atoms with van der Waals surface area (Å²) in [7, 11) is 3.45. The van der Waals surface area contributed by atoms with Crippen LogP contribution in [0, 0.1) is 0 Å². The first-order valence-corrected chi connectivity index (χ1v) is 5.09. The van der Waals surface area contributed by atoms with E-state index >= 15 is 0 Å². The van der Waals surface area contributed by atoms with Gasteiger partial charge in [0.2, 0.25) is 0 Å². The number of hydrogen-bond acceptors (Lipinski definition) is 4. The monoisotopic (exact) mass is 201 g/mol. The van der Waals surface area contributed by atoms with Gasteiger partial charge in [0.05, 0.1) is 20.1 Å². The lowest BCUT2D eigenvalue weighted by molar-refractivity contribution is -0.141. The zero-order valence-corrected chi connectivity index (χ0v) is 8.99. The van der Waals surface area contributed by atoms with E-state index < -0.39 is 0 Å². The molecule has 1 unspecified atom stereocenters. The van der Waals surface area contributed by atoms with Crippen LogP contribution in [0.25, 0.3) is 0 Å². The van der Waals surface area contributed by atoms with E-state index in [1.807, 2.05) is 7.05 Å². The molecule has 1 aliphatic heterocycles. The molecule has 1 atom stereocenters. The van der Waals surface area contributed by atoms with Crippen molar-refractivity contribution in [3.63, 3.8) is 0 Å². The molecule has 0 amide bonds. The molecule has 1 fully saturated rings. The molecule has 0 radical (unpaired) electrons. The summed E-state index contributed by atoms with van der Waals surface area (Å²) in [6.45, 7) is 2.42. The predicted molar refractivity (Wildman–Crippen MR) is 53.1 cm³/mol. The normalized spacial score (nSPS) is 22.4. The fourth-order valence-electron chi connectivity index (χ4n) is 1.62. The van der Waals surface area contributed by atoms with Crippen molar-refractivity contribution in [3.8, 4) is 0 Å². The fraction of sp³-hybridized carbons (Fsp3) is 0.900. The Balaban J connectivity index is 2.19. The molecular formula is C10H19NO3. The summed E-state index contributed by atoms with van der Waals surface area (Å²) in [6.07, 6.45) is 2.74. The molecule has 1 rings (SSSR count). The lowest BCUT2D eigenvalue weighted by atomic mass is 10.1. The molecule has 0 bridgehead atoms. The Labute approximate surface area is 85.2 Å². The number of hydrogen-bond donors (Lipinski definition) is 0. The fourth-order valence-corrected chi connectivity index (χ4v) is 1.62. The summed E-state index contributed by atoms with van der Waals surface area (Å²) in [4.78, 5) is 13.1. The average molecular weight is 201 g/mol. The van der Waals surface area contributed by atoms with Crippen LogP contribution in [0.2, 0.25) is 0 Å². The molecule has 1 heterocycles. The molecule has 0 saturated carbocycles. The first-order chi connectivity index (χ1) is 6.74. The highest BCUT2D eigenvalue weighted by molar-refractivity contribution is 5.69. The van der Waals surface area contributed by atoms with E-state index in [0.717, 1.165) is 32.6 Å². The number of nitrogens with zero attached hydrogens (tertiary/aromatic N) is 1. The molecule has 14 heavy (non-hydrogen) atoms. The Morgan fingerprint density at radius 1 is 1.64 bits per heavy atom. The van der Waals surface area contributed by atoms with Crippen LogP contribution in [-0.2, 0) is 14.3 Å². The van der Waals surface area contributed by atoms with Gasteiger partial charge in [0.1, 0.15) is 0 Å². The zero-order valence-electron chi connectivity index (χ0n) is 8.99. The second-order valence-corrected chi connectivity index (χ2v) is 3.68. The van der Waals surface area contributed by atoms with Gasteiger partial charge in [-0.2, -0.15) is 0 Å². The van der Waals surface area contributed by atoms with Crippen LogP contribution in [0.1, 0.15) is 19.3 Å². The Bertz CT molecular complexity index is 178. The van der Waals surface area contributed by atoms with Crippen LogP contribution in [-0.4, -0.2) is 50.8 Å². The molecule has 4 heteroatoms. The molecule has 0 aromatic heterocycles. The highest BCUT2D eigenvalue weighted by Gasteiger charge is 2.18. The number of esters is 1. The van der Waals surface area contributed by atoms with Gasteiger partial charge in [-0.15, -0.1) is 0 Å². The SMILES string of the molecule is COC(=O)CCN(C)C1CCCOC1. The summed E-state index contributed by atoms with van der Waals surface area (Å²) in [5, 5.41) is 0. The largest absolute Gasteiger partial charge is 0.469 e. The summed E-state index contributed by atoms with van der Waals surface area (Å²) in [6, 6.07) is 0.466. The van der Waals surface area contributed by atoms with Gasteiger partial charge in [-0.1, -0.05) is 0 Å². The minimum absolute atomic E-state index is 0.145. The second-order valence-electron chi connectivity index (χ2n) is 3.68. The first kappa shape index (κ1) is 11.5. The maximum Gasteiger partial charge on any atom is 0.306 e. The van der Waals surface area contributed by atoms with Gasteiger partial charge in [0, 0.05) is 19.2 Å². The molecule has 0 spiro atoms. The number of likely N-dealkylation sites (N-methyl/N-ethyl adjacent to an activating group) is 1. The third kappa shape index (κ3) is 3.64. The van der Waals surface area contributed by atoms with Crippen LogP contribution < -0.4 is 0 Å². The van der Waals surface area contributed by atoms with Crippen molar-refractivity contribution in [3.05, 3.63) is 0 Å². The lowest BCUT2D eigenvalue weighted by Gasteiger charge is -2.30. The van der Waals surface area contributed by atoms with Crippen molar-refractivity contribution in [2.75, 3.05) is 33.9 Å². The van der Waals surface area contributed by atoms with Gasteiger partial charge in [0.15, 0.2) is 0 Å². The second kappa shape index (κ2) is 5.98. The molecule has 4 nitrogen and oxygen atoms in total. The van der Waals surface area contributed by atoms with Gasteiger partial charge < -0.3 is 14.4 Å². The number of rotatable bonds is 4. The van der Waals surface area contributed by atoms with E-state index in [0.29, 0.717) is 12.5 Å². The Kier molecular flexibility index (Phi) is 4.90. The standard InChI is InChI=1S/C10H19NO3/c1-11(6-5-10(12)13-2)9-4-3-7-14-8-9/h9H,3-8H2,1-2H3. The summed E-state index contributed by atoms with van der Waals surface area (Å²) >= 11 is 0. The molecule has 1 aliphatic rings. The van der Waals surface area contributed by atoms with E-state index in [1.54, 1.807) is 0 Å². The maximum absolute atomic E-state index is 10.9. The Morgan fingerprint density at radius 2 is 2.43 bits per heavy atom. The Morgan fingerprint density at radius 3 is 3.00 bits per heavy atom. The first-order valence-electron chi connectivity index (χ1n) is 5.09. The molecule has 82 valence electrons. The number of ether oxygens (including phenoxy) is 2. The highest BCUT2D eigenvalue weighted by Crippen LogP contribution is 2.11. The van der Waals surface area contributed by atoms with Crippen molar-refractivity contribution < 1.29 is 14.3 Å². The summed E-state index contributed by atoms with van der Waals surface area (Å²) in [5.74, 6) is -0.145. The molecule has 0 aromatic rings. The topological polar surface area (TPSA) is 38.8 Å². The zero-order chi connectivity index (χ0) is 10.4. The Hall–Kier alpha value is -0.610. The minimum Gasteiger partial charge on any atom is -0.469 e. The van der Waals surface area contributed by atoms with E-state index in [1.165, 1.54) is 7.11 Å². The highest BCUT2D eigenvalue weighted by atomic mass is 16.5. The number of carbonyl (C=O) groups is 1. The number of methoxy groups -OCH3 is 1. The van der Waals surface area contributed by atoms with Crippen molar-refractivity contribution in [2.45, 2.75) is 25.3 Å². The quantitative estimate of drug-likeness (QED) is 0.626. The minimum atomic E-state index is -0.145. The number of carbonyl (C=O) groups excluding carboxylic acids is 1. The van der Waals surface area contributed by atoms with E-state index in [9.17, 15) is 4.79 Å². The van der Waals surface area contributed by atoms with Crippen LogP contribution in [0.15, 0.2) is 0 Å². The molecule has 1 saturated heterocycles.